The number of ether oxygens (including phenoxy) is 1. The molecule has 0 unspecified atom stereocenters. The lowest BCUT2D eigenvalue weighted by Gasteiger charge is -2.16. The zero-order valence-electron chi connectivity index (χ0n) is 12.4. The second kappa shape index (κ2) is 6.90. The average Bonchev–Trinajstić information content (AvgIpc) is 2.81. The normalized spacial score (nSPS) is 12.0. The van der Waals surface area contributed by atoms with Gasteiger partial charge >= 0.3 is 6.03 Å². The van der Waals surface area contributed by atoms with Gasteiger partial charge in [0, 0.05) is 13.7 Å². The summed E-state index contributed by atoms with van der Waals surface area (Å²) in [7, 11) is 1.63. The smallest absolute Gasteiger partial charge is 0.319 e. The van der Waals surface area contributed by atoms with Crippen molar-refractivity contribution in [3.8, 4) is 0 Å². The Morgan fingerprint density at radius 3 is 2.62 bits per heavy atom. The molecule has 3 N–H and O–H groups in total. The van der Waals surface area contributed by atoms with Crippen LogP contribution in [-0.4, -0.2) is 29.9 Å². The van der Waals surface area contributed by atoms with E-state index < -0.39 is 0 Å². The van der Waals surface area contributed by atoms with Crippen molar-refractivity contribution in [1.82, 2.24) is 15.5 Å². The Hall–Kier alpha value is -2.34. The van der Waals surface area contributed by atoms with E-state index in [9.17, 15) is 4.79 Å². The zero-order valence-corrected chi connectivity index (χ0v) is 12.4. The van der Waals surface area contributed by atoms with Gasteiger partial charge in [-0.25, -0.2) is 4.79 Å². The van der Waals surface area contributed by atoms with Crippen LogP contribution in [0.15, 0.2) is 30.3 Å². The number of anilines is 1. The van der Waals surface area contributed by atoms with Crippen molar-refractivity contribution < 1.29 is 9.53 Å². The van der Waals surface area contributed by atoms with Gasteiger partial charge in [0.2, 0.25) is 0 Å². The molecule has 0 aliphatic carbocycles. The van der Waals surface area contributed by atoms with Crippen molar-refractivity contribution in [3.63, 3.8) is 0 Å². The summed E-state index contributed by atoms with van der Waals surface area (Å²) >= 11 is 0. The van der Waals surface area contributed by atoms with E-state index in [1.807, 2.05) is 44.2 Å². The fourth-order valence-corrected chi connectivity index (χ4v) is 2.08. The molecule has 0 aliphatic heterocycles. The van der Waals surface area contributed by atoms with Gasteiger partial charge in [-0.05, 0) is 19.4 Å². The minimum absolute atomic E-state index is 0.177. The average molecular weight is 288 g/mol. The number of nitrogens with one attached hydrogen (secondary N) is 3. The van der Waals surface area contributed by atoms with Crippen molar-refractivity contribution in [3.05, 3.63) is 47.3 Å². The number of amides is 2. The monoisotopic (exact) mass is 288 g/mol. The van der Waals surface area contributed by atoms with Gasteiger partial charge in [-0.3, -0.25) is 5.10 Å². The molecule has 2 rings (SSSR count). The molecule has 0 saturated carbocycles. The maximum absolute atomic E-state index is 11.9. The number of nitrogens with zero attached hydrogens (tertiary/aromatic N) is 1. The standard InChI is InChI=1S/C15H20N4O2/c1-10-14(11(2)19-18-10)17-15(20)16-9-13(21-3)12-7-5-4-6-8-12/h4-8,13H,9H2,1-3H3,(H,18,19)(H2,16,17,20)/t13-/m0/s1. The molecule has 0 bridgehead atoms. The van der Waals surface area contributed by atoms with E-state index in [2.05, 4.69) is 20.8 Å². The molecule has 6 nitrogen and oxygen atoms in total. The van der Waals surface area contributed by atoms with Gasteiger partial charge in [-0.15, -0.1) is 0 Å². The van der Waals surface area contributed by atoms with E-state index in [-0.39, 0.29) is 12.1 Å². The second-order valence-corrected chi connectivity index (χ2v) is 4.78. The van der Waals surface area contributed by atoms with E-state index in [1.54, 1.807) is 7.11 Å². The molecule has 2 aromatic rings. The molecule has 21 heavy (non-hydrogen) atoms. The molecule has 0 spiro atoms. The number of methoxy groups -OCH3 is 1. The fourth-order valence-electron chi connectivity index (χ4n) is 2.08. The Bertz CT molecular complexity index is 575. The Kier molecular flexibility index (Phi) is 4.94. The van der Waals surface area contributed by atoms with Crippen molar-refractivity contribution in [1.29, 1.82) is 0 Å². The first-order valence-corrected chi connectivity index (χ1v) is 6.76. The maximum atomic E-state index is 11.9. The molecule has 0 aliphatic rings. The predicted molar refractivity (Wildman–Crippen MR) is 81.3 cm³/mol. The van der Waals surface area contributed by atoms with Crippen LogP contribution in [-0.2, 0) is 4.74 Å². The van der Waals surface area contributed by atoms with Crippen LogP contribution in [0.3, 0.4) is 0 Å². The number of aryl methyl sites for hydroxylation is 2. The Morgan fingerprint density at radius 1 is 1.33 bits per heavy atom. The van der Waals surface area contributed by atoms with Crippen LogP contribution in [0.2, 0.25) is 0 Å². The lowest BCUT2D eigenvalue weighted by Crippen LogP contribution is -2.33. The first kappa shape index (κ1) is 15.1. The van der Waals surface area contributed by atoms with E-state index in [4.69, 9.17) is 4.74 Å². The summed E-state index contributed by atoms with van der Waals surface area (Å²) in [6.07, 6.45) is -0.177. The van der Waals surface area contributed by atoms with Crippen LogP contribution in [0.4, 0.5) is 10.5 Å². The number of urea groups is 1. The van der Waals surface area contributed by atoms with Crippen LogP contribution >= 0.6 is 0 Å². The third-order valence-corrected chi connectivity index (χ3v) is 3.27. The minimum Gasteiger partial charge on any atom is -0.375 e. The molecule has 0 fully saturated rings. The molecule has 6 heteroatoms. The van der Waals surface area contributed by atoms with Gasteiger partial charge in [-0.2, -0.15) is 5.10 Å². The van der Waals surface area contributed by atoms with E-state index >= 15 is 0 Å². The quantitative estimate of drug-likeness (QED) is 0.791. The summed E-state index contributed by atoms with van der Waals surface area (Å²) in [4.78, 5) is 11.9. The first-order valence-electron chi connectivity index (χ1n) is 6.76. The van der Waals surface area contributed by atoms with E-state index in [0.717, 1.165) is 17.0 Å². The molecule has 0 saturated heterocycles. The summed E-state index contributed by atoms with van der Waals surface area (Å²) in [5.74, 6) is 0. The van der Waals surface area contributed by atoms with E-state index in [1.165, 1.54) is 0 Å². The zero-order chi connectivity index (χ0) is 15.2. The number of aromatic nitrogens is 2. The number of carbonyl (C=O) groups excluding carboxylic acids is 1. The summed E-state index contributed by atoms with van der Waals surface area (Å²) in [6.45, 7) is 4.08. The summed E-state index contributed by atoms with van der Waals surface area (Å²) in [6, 6.07) is 9.50. The number of H-pyrrole nitrogens is 1. The Labute approximate surface area is 123 Å². The Morgan fingerprint density at radius 2 is 2.05 bits per heavy atom. The number of hydrogen-bond donors (Lipinski definition) is 3. The largest absolute Gasteiger partial charge is 0.375 e. The maximum Gasteiger partial charge on any atom is 0.319 e. The van der Waals surface area contributed by atoms with Crippen LogP contribution < -0.4 is 10.6 Å². The van der Waals surface area contributed by atoms with Gasteiger partial charge in [0.1, 0.15) is 0 Å². The molecule has 1 heterocycles. The number of hydrogen-bond acceptors (Lipinski definition) is 3. The predicted octanol–water partition coefficient (Wildman–Crippen LogP) is 2.54. The van der Waals surface area contributed by atoms with Crippen LogP contribution in [0.1, 0.15) is 23.1 Å². The number of rotatable bonds is 5. The molecule has 1 aromatic heterocycles. The second-order valence-electron chi connectivity index (χ2n) is 4.78. The molecule has 0 radical (unpaired) electrons. The molecular formula is C15H20N4O2. The van der Waals surface area contributed by atoms with Gasteiger partial charge in [0.15, 0.2) is 0 Å². The SMILES string of the molecule is CO[C@@H](CNC(=O)Nc1c(C)n[nH]c1C)c1ccccc1. The Balaban J connectivity index is 1.91. The lowest BCUT2D eigenvalue weighted by molar-refractivity contribution is 0.104. The highest BCUT2D eigenvalue weighted by Gasteiger charge is 2.13. The third kappa shape index (κ3) is 3.82. The number of benzene rings is 1. The van der Waals surface area contributed by atoms with E-state index in [0.29, 0.717) is 12.2 Å². The molecule has 2 amide bonds. The van der Waals surface area contributed by atoms with Crippen LogP contribution in [0.5, 0.6) is 0 Å². The third-order valence-electron chi connectivity index (χ3n) is 3.27. The minimum atomic E-state index is -0.277. The number of aromatic amines is 1. The topological polar surface area (TPSA) is 79.0 Å². The highest BCUT2D eigenvalue weighted by atomic mass is 16.5. The number of carbonyl (C=O) groups is 1. The highest BCUT2D eigenvalue weighted by molar-refractivity contribution is 5.90. The van der Waals surface area contributed by atoms with Crippen molar-refractivity contribution in [2.45, 2.75) is 20.0 Å². The fraction of sp³-hybridized carbons (Fsp3) is 0.333. The van der Waals surface area contributed by atoms with Crippen molar-refractivity contribution in [2.24, 2.45) is 0 Å². The van der Waals surface area contributed by atoms with Gasteiger partial charge in [-0.1, -0.05) is 30.3 Å². The summed E-state index contributed by atoms with van der Waals surface area (Å²) in [5.41, 5.74) is 3.32. The highest BCUT2D eigenvalue weighted by Crippen LogP contribution is 2.17. The summed E-state index contributed by atoms with van der Waals surface area (Å²) in [5, 5.41) is 12.5. The summed E-state index contributed by atoms with van der Waals surface area (Å²) < 4.78 is 5.41. The first-order chi connectivity index (χ1) is 10.1. The molecule has 1 atom stereocenters. The molecular weight excluding hydrogens is 268 g/mol. The van der Waals surface area contributed by atoms with Crippen molar-refractivity contribution >= 4 is 11.7 Å². The molecule has 1 aromatic carbocycles. The van der Waals surface area contributed by atoms with Gasteiger partial charge in [0.05, 0.1) is 23.2 Å². The van der Waals surface area contributed by atoms with Crippen molar-refractivity contribution in [2.75, 3.05) is 19.0 Å². The van der Waals surface area contributed by atoms with Gasteiger partial charge in [0.25, 0.3) is 0 Å². The van der Waals surface area contributed by atoms with Crippen LogP contribution in [0, 0.1) is 13.8 Å². The van der Waals surface area contributed by atoms with Gasteiger partial charge < -0.3 is 15.4 Å². The lowest BCUT2D eigenvalue weighted by atomic mass is 10.1. The van der Waals surface area contributed by atoms with Crippen LogP contribution in [0.25, 0.3) is 0 Å². The molecule has 112 valence electrons.